The van der Waals surface area contributed by atoms with Crippen LogP contribution in [-0.2, 0) is 6.42 Å². The van der Waals surface area contributed by atoms with E-state index in [1.54, 1.807) is 0 Å². The lowest BCUT2D eigenvalue weighted by molar-refractivity contribution is 0.506. The number of aromatic nitrogens is 2. The lowest BCUT2D eigenvalue weighted by Crippen LogP contribution is -2.24. The highest BCUT2D eigenvalue weighted by Crippen LogP contribution is 2.26. The standard InChI is InChI=1S/C16H21ClIN3/c1-4-19-16(14-9-12(17)5-6-15(14)18)10-13-7-8-21(20-13)11(2)3/h5-9,11,16,19H,4,10H2,1-3H3. The molecule has 21 heavy (non-hydrogen) atoms. The van der Waals surface area contributed by atoms with Crippen LogP contribution >= 0.6 is 34.2 Å². The monoisotopic (exact) mass is 417 g/mol. The molecule has 0 bridgehead atoms. The predicted octanol–water partition coefficient (Wildman–Crippen LogP) is 4.62. The number of likely N-dealkylation sites (N-methyl/N-ethyl adjacent to an activating group) is 1. The highest BCUT2D eigenvalue weighted by Gasteiger charge is 2.16. The Bertz CT molecular complexity index is 595. The summed E-state index contributed by atoms with van der Waals surface area (Å²) in [5, 5.41) is 8.97. The molecule has 5 heteroatoms. The number of benzene rings is 1. The molecule has 0 radical (unpaired) electrons. The van der Waals surface area contributed by atoms with E-state index >= 15 is 0 Å². The average molecular weight is 418 g/mol. The maximum absolute atomic E-state index is 6.16. The van der Waals surface area contributed by atoms with Crippen LogP contribution in [0.5, 0.6) is 0 Å². The number of hydrogen-bond acceptors (Lipinski definition) is 2. The molecule has 0 spiro atoms. The lowest BCUT2D eigenvalue weighted by Gasteiger charge is -2.19. The Labute approximate surface area is 145 Å². The van der Waals surface area contributed by atoms with Gasteiger partial charge < -0.3 is 5.32 Å². The van der Waals surface area contributed by atoms with Gasteiger partial charge in [-0.15, -0.1) is 0 Å². The van der Waals surface area contributed by atoms with Crippen molar-refractivity contribution >= 4 is 34.2 Å². The summed E-state index contributed by atoms with van der Waals surface area (Å²) in [5.41, 5.74) is 2.34. The maximum Gasteiger partial charge on any atom is 0.0643 e. The summed E-state index contributed by atoms with van der Waals surface area (Å²) in [6.07, 6.45) is 2.91. The molecule has 1 N–H and O–H groups in total. The summed E-state index contributed by atoms with van der Waals surface area (Å²) < 4.78 is 3.23. The summed E-state index contributed by atoms with van der Waals surface area (Å²) in [7, 11) is 0. The van der Waals surface area contributed by atoms with Crippen LogP contribution in [0.4, 0.5) is 0 Å². The zero-order valence-corrected chi connectivity index (χ0v) is 15.5. The molecular formula is C16H21ClIN3. The maximum atomic E-state index is 6.16. The van der Waals surface area contributed by atoms with Gasteiger partial charge in [-0.1, -0.05) is 18.5 Å². The van der Waals surface area contributed by atoms with Crippen molar-refractivity contribution < 1.29 is 0 Å². The first-order valence-electron chi connectivity index (χ1n) is 7.23. The quantitative estimate of drug-likeness (QED) is 0.695. The first-order valence-corrected chi connectivity index (χ1v) is 8.69. The van der Waals surface area contributed by atoms with Crippen molar-refractivity contribution in [3.63, 3.8) is 0 Å². The highest BCUT2D eigenvalue weighted by atomic mass is 127. The second-order valence-corrected chi connectivity index (χ2v) is 6.96. The number of hydrogen-bond donors (Lipinski definition) is 1. The third kappa shape index (κ3) is 4.44. The van der Waals surface area contributed by atoms with Crippen molar-refractivity contribution in [1.29, 1.82) is 0 Å². The molecule has 0 fully saturated rings. The fraction of sp³-hybridized carbons (Fsp3) is 0.438. The van der Waals surface area contributed by atoms with Gasteiger partial charge in [0.2, 0.25) is 0 Å². The van der Waals surface area contributed by atoms with Gasteiger partial charge in [0, 0.05) is 33.3 Å². The summed E-state index contributed by atoms with van der Waals surface area (Å²) >= 11 is 8.53. The number of rotatable bonds is 6. The third-order valence-electron chi connectivity index (χ3n) is 3.39. The van der Waals surface area contributed by atoms with Gasteiger partial charge in [-0.05, 0) is 72.8 Å². The molecule has 0 amide bonds. The second-order valence-electron chi connectivity index (χ2n) is 5.36. The van der Waals surface area contributed by atoms with E-state index in [1.165, 1.54) is 9.13 Å². The van der Waals surface area contributed by atoms with E-state index in [-0.39, 0.29) is 6.04 Å². The fourth-order valence-corrected chi connectivity index (χ4v) is 3.20. The van der Waals surface area contributed by atoms with Crippen molar-refractivity contribution in [1.82, 2.24) is 15.1 Å². The highest BCUT2D eigenvalue weighted by molar-refractivity contribution is 14.1. The molecule has 0 aliphatic rings. The molecule has 2 rings (SSSR count). The third-order valence-corrected chi connectivity index (χ3v) is 4.61. The SMILES string of the molecule is CCNC(Cc1ccn(C(C)C)n1)c1cc(Cl)ccc1I. The van der Waals surface area contributed by atoms with Crippen molar-refractivity contribution in [3.8, 4) is 0 Å². The van der Waals surface area contributed by atoms with Crippen LogP contribution in [0.3, 0.4) is 0 Å². The second kappa shape index (κ2) is 7.61. The Morgan fingerprint density at radius 3 is 2.71 bits per heavy atom. The minimum absolute atomic E-state index is 0.233. The van der Waals surface area contributed by atoms with Crippen molar-refractivity contribution in [2.75, 3.05) is 6.54 Å². The lowest BCUT2D eigenvalue weighted by atomic mass is 10.0. The number of halogens is 2. The van der Waals surface area contributed by atoms with Crippen LogP contribution < -0.4 is 5.32 Å². The summed E-state index contributed by atoms with van der Waals surface area (Å²) in [6, 6.07) is 8.77. The van der Waals surface area contributed by atoms with Gasteiger partial charge >= 0.3 is 0 Å². The molecule has 0 saturated heterocycles. The number of nitrogens with zero attached hydrogens (tertiary/aromatic N) is 2. The van der Waals surface area contributed by atoms with Crippen molar-refractivity contribution in [2.24, 2.45) is 0 Å². The van der Waals surface area contributed by atoms with Gasteiger partial charge in [0.15, 0.2) is 0 Å². The minimum atomic E-state index is 0.233. The van der Waals surface area contributed by atoms with E-state index in [9.17, 15) is 0 Å². The van der Waals surface area contributed by atoms with Crippen LogP contribution in [0.2, 0.25) is 5.02 Å². The Morgan fingerprint density at radius 1 is 1.33 bits per heavy atom. The Morgan fingerprint density at radius 2 is 2.10 bits per heavy atom. The van der Waals surface area contributed by atoms with Crippen LogP contribution in [0.25, 0.3) is 0 Å². The van der Waals surface area contributed by atoms with E-state index in [0.29, 0.717) is 6.04 Å². The molecule has 1 heterocycles. The zero-order chi connectivity index (χ0) is 15.4. The molecule has 0 aliphatic heterocycles. The molecule has 3 nitrogen and oxygen atoms in total. The molecular weight excluding hydrogens is 397 g/mol. The first kappa shape index (κ1) is 16.8. The van der Waals surface area contributed by atoms with Crippen LogP contribution in [0.15, 0.2) is 30.5 Å². The first-order chi connectivity index (χ1) is 10.0. The topological polar surface area (TPSA) is 29.9 Å². The van der Waals surface area contributed by atoms with Gasteiger partial charge in [-0.3, -0.25) is 4.68 Å². The van der Waals surface area contributed by atoms with Gasteiger partial charge in [0.1, 0.15) is 0 Å². The zero-order valence-electron chi connectivity index (χ0n) is 12.6. The van der Waals surface area contributed by atoms with Crippen molar-refractivity contribution in [3.05, 3.63) is 50.3 Å². The molecule has 0 saturated carbocycles. The largest absolute Gasteiger partial charge is 0.310 e. The molecule has 1 atom stereocenters. The molecule has 0 aliphatic carbocycles. The Kier molecular flexibility index (Phi) is 6.08. The number of nitrogens with one attached hydrogen (secondary N) is 1. The molecule has 1 aromatic carbocycles. The molecule has 2 aromatic rings. The van der Waals surface area contributed by atoms with E-state index in [2.05, 4.69) is 72.0 Å². The van der Waals surface area contributed by atoms with Gasteiger partial charge in [0.25, 0.3) is 0 Å². The fourth-order valence-electron chi connectivity index (χ4n) is 2.30. The Balaban J connectivity index is 2.23. The van der Waals surface area contributed by atoms with Gasteiger partial charge in [-0.25, -0.2) is 0 Å². The molecule has 1 unspecified atom stereocenters. The Hall–Kier alpha value is -0.590. The summed E-state index contributed by atoms with van der Waals surface area (Å²) in [5.74, 6) is 0. The van der Waals surface area contributed by atoms with Gasteiger partial charge in [0.05, 0.1) is 5.69 Å². The molecule has 1 aromatic heterocycles. The molecule has 114 valence electrons. The van der Waals surface area contributed by atoms with E-state index in [4.69, 9.17) is 11.6 Å². The van der Waals surface area contributed by atoms with Gasteiger partial charge in [-0.2, -0.15) is 5.10 Å². The van der Waals surface area contributed by atoms with Crippen LogP contribution in [0.1, 0.15) is 44.1 Å². The smallest absolute Gasteiger partial charge is 0.0643 e. The average Bonchev–Trinajstić information content (AvgIpc) is 2.90. The summed E-state index contributed by atoms with van der Waals surface area (Å²) in [6.45, 7) is 7.31. The van der Waals surface area contributed by atoms with Crippen LogP contribution in [-0.4, -0.2) is 16.3 Å². The normalized spacial score (nSPS) is 12.9. The van der Waals surface area contributed by atoms with E-state index in [1.807, 2.05) is 16.9 Å². The van der Waals surface area contributed by atoms with Crippen molar-refractivity contribution in [2.45, 2.75) is 39.3 Å². The predicted molar refractivity (Wildman–Crippen MR) is 96.9 cm³/mol. The minimum Gasteiger partial charge on any atom is -0.310 e. The van der Waals surface area contributed by atoms with E-state index < -0.39 is 0 Å². The summed E-state index contributed by atoms with van der Waals surface area (Å²) in [4.78, 5) is 0. The van der Waals surface area contributed by atoms with Crippen LogP contribution in [0, 0.1) is 3.57 Å². The van der Waals surface area contributed by atoms with E-state index in [0.717, 1.165) is 23.7 Å².